The third kappa shape index (κ3) is 10.6. The van der Waals surface area contributed by atoms with Crippen LogP contribution in [0.25, 0.3) is 0 Å². The Bertz CT molecular complexity index is 249. The van der Waals surface area contributed by atoms with Gasteiger partial charge in [0.1, 0.15) is 0 Å². The molecule has 2 heteroatoms. The topological polar surface area (TPSA) is 29.1 Å². The Morgan fingerprint density at radius 1 is 1.20 bits per heavy atom. The molecule has 0 aliphatic heterocycles. The van der Waals surface area contributed by atoms with Crippen LogP contribution in [0.1, 0.15) is 33.6 Å². The summed E-state index contributed by atoms with van der Waals surface area (Å²) in [5.41, 5.74) is 0. The number of amides is 1. The number of nitrogens with one attached hydrogen (secondary N) is 1. The fourth-order valence-electron chi connectivity index (χ4n) is 1.01. The molecule has 0 atom stereocenters. The highest BCUT2D eigenvalue weighted by Crippen LogP contribution is 1.92. The number of unbranched alkanes of at least 4 members (excludes halogenated alkanes) is 1. The largest absolute Gasteiger partial charge is 0.350 e. The molecule has 1 amide bonds. The zero-order valence-electron chi connectivity index (χ0n) is 9.86. The summed E-state index contributed by atoms with van der Waals surface area (Å²) >= 11 is 0. The average Bonchev–Trinajstić information content (AvgIpc) is 2.15. The molecule has 0 aromatic carbocycles. The Kier molecular flexibility index (Phi) is 8.44. The minimum atomic E-state index is -0.0388. The van der Waals surface area contributed by atoms with Crippen molar-refractivity contribution in [1.82, 2.24) is 5.32 Å². The number of hydrogen-bond donors (Lipinski definition) is 1. The van der Waals surface area contributed by atoms with E-state index in [-0.39, 0.29) is 11.9 Å². The highest BCUT2D eigenvalue weighted by molar-refractivity contribution is 5.87. The molecule has 0 saturated heterocycles. The van der Waals surface area contributed by atoms with Crippen molar-refractivity contribution in [3.63, 3.8) is 0 Å². The third-order valence-electron chi connectivity index (χ3n) is 1.66. The third-order valence-corrected chi connectivity index (χ3v) is 1.66. The lowest BCUT2D eigenvalue weighted by atomic mass is 10.2. The summed E-state index contributed by atoms with van der Waals surface area (Å²) in [4.78, 5) is 11.1. The van der Waals surface area contributed by atoms with Crippen LogP contribution in [0.15, 0.2) is 36.5 Å². The van der Waals surface area contributed by atoms with Crippen LogP contribution in [0, 0.1) is 0 Å². The Balaban J connectivity index is 3.64. The van der Waals surface area contributed by atoms with Crippen molar-refractivity contribution in [2.24, 2.45) is 0 Å². The minimum absolute atomic E-state index is 0.0388. The van der Waals surface area contributed by atoms with Gasteiger partial charge < -0.3 is 5.32 Å². The summed E-state index contributed by atoms with van der Waals surface area (Å²) in [7, 11) is 0. The lowest BCUT2D eigenvalue weighted by Gasteiger charge is -2.03. The van der Waals surface area contributed by atoms with E-state index < -0.39 is 0 Å². The highest BCUT2D eigenvalue weighted by atomic mass is 16.1. The molecule has 84 valence electrons. The monoisotopic (exact) mass is 207 g/mol. The SMILES string of the molecule is C/C=C\CC/C=C/C=C/C(=O)NC(C)C. The number of carbonyl (C=O) groups is 1. The highest BCUT2D eigenvalue weighted by Gasteiger charge is 1.95. The van der Waals surface area contributed by atoms with Crippen molar-refractivity contribution < 1.29 is 4.79 Å². The molecule has 0 aliphatic rings. The normalized spacial score (nSPS) is 12.3. The maximum atomic E-state index is 11.1. The Morgan fingerprint density at radius 2 is 1.87 bits per heavy atom. The van der Waals surface area contributed by atoms with Gasteiger partial charge in [0.15, 0.2) is 0 Å². The number of rotatable bonds is 6. The minimum Gasteiger partial charge on any atom is -0.350 e. The van der Waals surface area contributed by atoms with Crippen molar-refractivity contribution in [1.29, 1.82) is 0 Å². The van der Waals surface area contributed by atoms with Gasteiger partial charge in [-0.2, -0.15) is 0 Å². The zero-order chi connectivity index (χ0) is 11.5. The molecular formula is C13H21NO. The van der Waals surface area contributed by atoms with Crippen LogP contribution in [0.3, 0.4) is 0 Å². The molecule has 2 nitrogen and oxygen atoms in total. The van der Waals surface area contributed by atoms with Crippen LogP contribution in [0.4, 0.5) is 0 Å². The van der Waals surface area contributed by atoms with Crippen LogP contribution in [-0.2, 0) is 4.79 Å². The molecule has 0 unspecified atom stereocenters. The summed E-state index contributed by atoms with van der Waals surface area (Å²) in [5.74, 6) is -0.0388. The second-order valence-electron chi connectivity index (χ2n) is 3.60. The van der Waals surface area contributed by atoms with Gasteiger partial charge in [-0.3, -0.25) is 4.79 Å². The quantitative estimate of drug-likeness (QED) is 0.308. The van der Waals surface area contributed by atoms with Crippen molar-refractivity contribution in [3.8, 4) is 0 Å². The smallest absolute Gasteiger partial charge is 0.244 e. The van der Waals surface area contributed by atoms with Crippen molar-refractivity contribution in [2.45, 2.75) is 39.7 Å². The van der Waals surface area contributed by atoms with Gasteiger partial charge in [0.05, 0.1) is 0 Å². The Labute approximate surface area is 92.8 Å². The number of carbonyl (C=O) groups excluding carboxylic acids is 1. The molecule has 0 radical (unpaired) electrons. The average molecular weight is 207 g/mol. The summed E-state index contributed by atoms with van der Waals surface area (Å²) in [6.07, 6.45) is 13.5. The molecule has 0 aromatic heterocycles. The predicted octanol–water partition coefficient (Wildman–Crippen LogP) is 2.98. The molecule has 0 spiro atoms. The van der Waals surface area contributed by atoms with E-state index in [1.807, 2.05) is 32.9 Å². The molecule has 0 fully saturated rings. The molecule has 1 N–H and O–H groups in total. The molecule has 0 bridgehead atoms. The lowest BCUT2D eigenvalue weighted by molar-refractivity contribution is -0.116. The van der Waals surface area contributed by atoms with Gasteiger partial charge in [-0.25, -0.2) is 0 Å². The van der Waals surface area contributed by atoms with Crippen LogP contribution in [0.5, 0.6) is 0 Å². The first kappa shape index (κ1) is 13.7. The van der Waals surface area contributed by atoms with E-state index in [4.69, 9.17) is 0 Å². The fraction of sp³-hybridized carbons (Fsp3) is 0.462. The first-order valence-corrected chi connectivity index (χ1v) is 5.41. The lowest BCUT2D eigenvalue weighted by Crippen LogP contribution is -2.28. The molecule has 0 rings (SSSR count). The predicted molar refractivity (Wildman–Crippen MR) is 65.6 cm³/mol. The summed E-state index contributed by atoms with van der Waals surface area (Å²) in [6, 6.07) is 0.195. The van der Waals surface area contributed by atoms with Gasteiger partial charge in [0.2, 0.25) is 5.91 Å². The van der Waals surface area contributed by atoms with Crippen molar-refractivity contribution >= 4 is 5.91 Å². The van der Waals surface area contributed by atoms with Crippen molar-refractivity contribution in [2.75, 3.05) is 0 Å². The van der Waals surface area contributed by atoms with Crippen LogP contribution in [-0.4, -0.2) is 11.9 Å². The van der Waals surface area contributed by atoms with Crippen LogP contribution >= 0.6 is 0 Å². The molecule has 0 aromatic rings. The van der Waals surface area contributed by atoms with Crippen molar-refractivity contribution in [3.05, 3.63) is 36.5 Å². The zero-order valence-corrected chi connectivity index (χ0v) is 9.86. The van der Waals surface area contributed by atoms with E-state index in [2.05, 4.69) is 17.5 Å². The number of allylic oxidation sites excluding steroid dienone is 5. The van der Waals surface area contributed by atoms with E-state index in [1.54, 1.807) is 12.2 Å². The van der Waals surface area contributed by atoms with E-state index in [0.717, 1.165) is 12.8 Å². The Morgan fingerprint density at radius 3 is 2.47 bits per heavy atom. The van der Waals surface area contributed by atoms with Gasteiger partial charge in [0.25, 0.3) is 0 Å². The van der Waals surface area contributed by atoms with Crippen LogP contribution in [0.2, 0.25) is 0 Å². The van der Waals surface area contributed by atoms with Gasteiger partial charge in [-0.05, 0) is 33.6 Å². The molecule has 0 saturated carbocycles. The van der Waals surface area contributed by atoms with Gasteiger partial charge in [-0.1, -0.05) is 30.4 Å². The first-order valence-electron chi connectivity index (χ1n) is 5.41. The van der Waals surface area contributed by atoms with Crippen LogP contribution < -0.4 is 5.32 Å². The van der Waals surface area contributed by atoms with E-state index in [9.17, 15) is 4.79 Å². The van der Waals surface area contributed by atoms with E-state index in [0.29, 0.717) is 0 Å². The number of hydrogen-bond acceptors (Lipinski definition) is 1. The summed E-state index contributed by atoms with van der Waals surface area (Å²) in [5, 5.41) is 2.78. The standard InChI is InChI=1S/C13H21NO/c1-4-5-6-7-8-9-10-11-13(15)14-12(2)3/h4-5,8-12H,6-7H2,1-3H3,(H,14,15)/b5-4-,9-8+,11-10+. The second kappa shape index (κ2) is 9.25. The van der Waals surface area contributed by atoms with Gasteiger partial charge in [-0.15, -0.1) is 0 Å². The maximum absolute atomic E-state index is 11.1. The molecule has 15 heavy (non-hydrogen) atoms. The summed E-state index contributed by atoms with van der Waals surface area (Å²) < 4.78 is 0. The van der Waals surface area contributed by atoms with E-state index in [1.165, 1.54) is 0 Å². The van der Waals surface area contributed by atoms with Gasteiger partial charge in [0, 0.05) is 12.1 Å². The first-order chi connectivity index (χ1) is 7.16. The Hall–Kier alpha value is -1.31. The maximum Gasteiger partial charge on any atom is 0.244 e. The molecule has 0 aliphatic carbocycles. The molecular weight excluding hydrogens is 186 g/mol. The summed E-state index contributed by atoms with van der Waals surface area (Å²) in [6.45, 7) is 5.90. The van der Waals surface area contributed by atoms with Gasteiger partial charge >= 0.3 is 0 Å². The molecule has 0 heterocycles. The second-order valence-corrected chi connectivity index (χ2v) is 3.60. The van der Waals surface area contributed by atoms with E-state index >= 15 is 0 Å². The fourth-order valence-corrected chi connectivity index (χ4v) is 1.01.